The first kappa shape index (κ1) is 21.4. The minimum atomic E-state index is -0.164. The number of rotatable bonds is 4. The number of hydrogen-bond acceptors (Lipinski definition) is 5. The molecule has 0 spiro atoms. The Kier molecular flexibility index (Phi) is 4.87. The van der Waals surface area contributed by atoms with E-state index in [1.165, 1.54) is 0 Å². The zero-order chi connectivity index (χ0) is 24.3. The number of nitrogens with zero attached hydrogens (tertiary/aromatic N) is 2. The van der Waals surface area contributed by atoms with Crippen LogP contribution in [0.25, 0.3) is 52.8 Å². The van der Waals surface area contributed by atoms with Crippen molar-refractivity contribution in [1.82, 2.24) is 0 Å². The zero-order valence-corrected chi connectivity index (χ0v) is 20.5. The van der Waals surface area contributed by atoms with Crippen LogP contribution in [0.2, 0.25) is 0 Å². The van der Waals surface area contributed by atoms with Crippen LogP contribution in [-0.2, 0) is 0 Å². The fourth-order valence-corrected chi connectivity index (χ4v) is 6.21. The Morgan fingerprint density at radius 2 is 1.66 bits per heavy atom. The van der Waals surface area contributed by atoms with Gasteiger partial charge in [-0.15, -0.1) is 11.3 Å². The third-order valence-electron chi connectivity index (χ3n) is 6.65. The SMILES string of the molecule is CCOc1c(-c2ccc(N(C)C)cc2)c(=O)c2c(C#N)cc3c4ccccc4sc4ccc1c2c43. The molecule has 0 aliphatic carbocycles. The molecule has 5 aromatic carbocycles. The van der Waals surface area contributed by atoms with Gasteiger partial charge in [0.2, 0.25) is 0 Å². The monoisotopic (exact) mass is 474 g/mol. The van der Waals surface area contributed by atoms with Gasteiger partial charge in [-0.05, 0) is 59.7 Å². The van der Waals surface area contributed by atoms with Crippen molar-refractivity contribution in [1.29, 1.82) is 5.26 Å². The largest absolute Gasteiger partial charge is 0.492 e. The number of nitriles is 1. The average Bonchev–Trinajstić information content (AvgIpc) is 2.88. The van der Waals surface area contributed by atoms with Crippen LogP contribution >= 0.6 is 11.3 Å². The molecule has 6 rings (SSSR count). The first-order valence-electron chi connectivity index (χ1n) is 11.5. The van der Waals surface area contributed by atoms with Crippen molar-refractivity contribution in [2.75, 3.05) is 25.6 Å². The molecule has 0 radical (unpaired) electrons. The van der Waals surface area contributed by atoms with Crippen LogP contribution in [0.5, 0.6) is 5.75 Å². The third kappa shape index (κ3) is 3.07. The molecule has 170 valence electrons. The predicted molar refractivity (Wildman–Crippen MR) is 147 cm³/mol. The van der Waals surface area contributed by atoms with Gasteiger partial charge in [0.25, 0.3) is 0 Å². The van der Waals surface area contributed by atoms with E-state index < -0.39 is 0 Å². The average molecular weight is 475 g/mol. The fourth-order valence-electron chi connectivity index (χ4n) is 5.09. The molecule has 0 amide bonds. The molecule has 0 atom stereocenters. The van der Waals surface area contributed by atoms with E-state index in [2.05, 4.69) is 24.3 Å². The van der Waals surface area contributed by atoms with Gasteiger partial charge in [0.1, 0.15) is 5.75 Å². The first-order chi connectivity index (χ1) is 17.0. The number of benzene rings is 5. The molecule has 6 aromatic rings. The molecule has 0 N–H and O–H groups in total. The lowest BCUT2D eigenvalue weighted by atomic mass is 9.89. The van der Waals surface area contributed by atoms with Gasteiger partial charge in [-0.25, -0.2) is 0 Å². The summed E-state index contributed by atoms with van der Waals surface area (Å²) in [4.78, 5) is 16.2. The highest BCUT2D eigenvalue weighted by molar-refractivity contribution is 7.25. The summed E-state index contributed by atoms with van der Waals surface area (Å²) in [7, 11) is 3.97. The quantitative estimate of drug-likeness (QED) is 0.201. The summed E-state index contributed by atoms with van der Waals surface area (Å²) in [6.45, 7) is 2.36. The van der Waals surface area contributed by atoms with Gasteiger partial charge in [0, 0.05) is 50.7 Å². The molecule has 35 heavy (non-hydrogen) atoms. The Labute approximate surface area is 206 Å². The minimum Gasteiger partial charge on any atom is -0.492 e. The number of fused-ring (bicyclic) bond motifs is 2. The van der Waals surface area contributed by atoms with Crippen LogP contribution in [0.4, 0.5) is 5.69 Å². The Morgan fingerprint density at radius 3 is 2.37 bits per heavy atom. The van der Waals surface area contributed by atoms with Crippen LogP contribution in [0.15, 0.2) is 71.5 Å². The van der Waals surface area contributed by atoms with Crippen LogP contribution in [-0.4, -0.2) is 20.7 Å². The molecule has 0 saturated carbocycles. The van der Waals surface area contributed by atoms with Crippen molar-refractivity contribution < 1.29 is 4.74 Å². The van der Waals surface area contributed by atoms with Crippen molar-refractivity contribution in [3.63, 3.8) is 0 Å². The fraction of sp³-hybridized carbons (Fsp3) is 0.133. The number of anilines is 1. The summed E-state index contributed by atoms with van der Waals surface area (Å²) in [5, 5.41) is 15.4. The molecule has 0 saturated heterocycles. The summed E-state index contributed by atoms with van der Waals surface area (Å²) in [6, 6.07) is 24.5. The Hall–Kier alpha value is -4.14. The van der Waals surface area contributed by atoms with Crippen LogP contribution in [0.1, 0.15) is 12.5 Å². The van der Waals surface area contributed by atoms with E-state index in [9.17, 15) is 10.1 Å². The summed E-state index contributed by atoms with van der Waals surface area (Å²) in [5.41, 5.74) is 2.57. The standard InChI is InChI=1S/C30H22N2O2S/c1-4-34-30-21-13-14-24-27-22(20-7-5-6-8-23(20)35-24)15-18(16-31)25(28(21)27)29(33)26(30)17-9-11-19(12-10-17)32(2)3/h5-15H,4H2,1-3H3. The molecule has 5 heteroatoms. The van der Waals surface area contributed by atoms with Crippen molar-refractivity contribution in [3.8, 4) is 22.9 Å². The summed E-state index contributed by atoms with van der Waals surface area (Å²) < 4.78 is 8.42. The van der Waals surface area contributed by atoms with E-state index in [0.717, 1.165) is 47.6 Å². The maximum Gasteiger partial charge on any atom is 0.199 e. The van der Waals surface area contributed by atoms with Crippen LogP contribution in [0.3, 0.4) is 0 Å². The molecule has 1 aromatic heterocycles. The van der Waals surface area contributed by atoms with Crippen LogP contribution in [0, 0.1) is 11.3 Å². The molecular formula is C30H22N2O2S. The highest BCUT2D eigenvalue weighted by atomic mass is 32.1. The highest BCUT2D eigenvalue weighted by Crippen LogP contribution is 2.46. The second kappa shape index (κ2) is 7.97. The second-order valence-corrected chi connectivity index (χ2v) is 9.91. The van der Waals surface area contributed by atoms with Gasteiger partial charge in [0.05, 0.1) is 23.8 Å². The van der Waals surface area contributed by atoms with E-state index in [1.807, 2.05) is 74.4 Å². The summed E-state index contributed by atoms with van der Waals surface area (Å²) in [5.74, 6) is 0.582. The van der Waals surface area contributed by atoms with Gasteiger partial charge in [-0.3, -0.25) is 4.79 Å². The van der Waals surface area contributed by atoms with Gasteiger partial charge in [-0.2, -0.15) is 5.26 Å². The Morgan fingerprint density at radius 1 is 0.886 bits per heavy atom. The van der Waals surface area contributed by atoms with E-state index in [4.69, 9.17) is 4.74 Å². The molecule has 0 fully saturated rings. The van der Waals surface area contributed by atoms with E-state index in [-0.39, 0.29) is 5.43 Å². The molecule has 0 aliphatic rings. The third-order valence-corrected chi connectivity index (χ3v) is 7.78. The van der Waals surface area contributed by atoms with Crippen molar-refractivity contribution in [3.05, 3.63) is 82.5 Å². The lowest BCUT2D eigenvalue weighted by Gasteiger charge is -2.19. The lowest BCUT2D eigenvalue weighted by Crippen LogP contribution is -2.12. The molecular weight excluding hydrogens is 452 g/mol. The Bertz CT molecular complexity index is 1860. The lowest BCUT2D eigenvalue weighted by molar-refractivity contribution is 0.345. The van der Waals surface area contributed by atoms with Crippen molar-refractivity contribution in [2.24, 2.45) is 0 Å². The molecule has 0 unspecified atom stereocenters. The molecule has 4 nitrogen and oxygen atoms in total. The topological polar surface area (TPSA) is 53.3 Å². The van der Waals surface area contributed by atoms with E-state index in [0.29, 0.717) is 28.9 Å². The van der Waals surface area contributed by atoms with Crippen molar-refractivity contribution in [2.45, 2.75) is 6.92 Å². The van der Waals surface area contributed by atoms with E-state index >= 15 is 0 Å². The number of hydrogen-bond donors (Lipinski definition) is 0. The van der Waals surface area contributed by atoms with Gasteiger partial charge >= 0.3 is 0 Å². The molecule has 1 heterocycles. The van der Waals surface area contributed by atoms with Crippen LogP contribution < -0.4 is 15.1 Å². The predicted octanol–water partition coefficient (Wildman–Crippen LogP) is 7.16. The normalized spacial score (nSPS) is 11.5. The molecule has 0 bridgehead atoms. The highest BCUT2D eigenvalue weighted by Gasteiger charge is 2.24. The summed E-state index contributed by atoms with van der Waals surface area (Å²) in [6.07, 6.45) is 0. The van der Waals surface area contributed by atoms with Gasteiger partial charge < -0.3 is 9.64 Å². The Balaban J connectivity index is 1.83. The zero-order valence-electron chi connectivity index (χ0n) is 19.7. The maximum atomic E-state index is 14.2. The second-order valence-electron chi connectivity index (χ2n) is 8.83. The molecule has 0 aliphatic heterocycles. The number of ether oxygens (including phenoxy) is 1. The summed E-state index contributed by atoms with van der Waals surface area (Å²) >= 11 is 1.70. The first-order valence-corrected chi connectivity index (χ1v) is 12.4. The van der Waals surface area contributed by atoms with Gasteiger partial charge in [0.15, 0.2) is 5.43 Å². The van der Waals surface area contributed by atoms with Gasteiger partial charge in [-0.1, -0.05) is 30.3 Å². The smallest absolute Gasteiger partial charge is 0.199 e. The van der Waals surface area contributed by atoms with Crippen molar-refractivity contribution >= 4 is 58.7 Å². The minimum absolute atomic E-state index is 0.164. The van der Waals surface area contributed by atoms with E-state index in [1.54, 1.807) is 11.3 Å². The maximum absolute atomic E-state index is 14.2.